The summed E-state index contributed by atoms with van der Waals surface area (Å²) >= 11 is 0. The van der Waals surface area contributed by atoms with Crippen molar-refractivity contribution < 1.29 is 9.53 Å². The summed E-state index contributed by atoms with van der Waals surface area (Å²) in [5, 5.41) is 12.2. The van der Waals surface area contributed by atoms with Crippen LogP contribution in [0.1, 0.15) is 18.4 Å². The first kappa shape index (κ1) is 12.1. The third-order valence-corrected chi connectivity index (χ3v) is 2.52. The molecular weight excluding hydrogens is 230 g/mol. The molecule has 0 bridgehead atoms. The van der Waals surface area contributed by atoms with Gasteiger partial charge in [-0.05, 0) is 42.7 Å². The highest BCUT2D eigenvalue weighted by atomic mass is 16.5. The standard InChI is InChI=1S/C13H13N3O2/c14-7-8-18-12-5-1-10(2-6-12)9-15-16-13(17)11-3-4-11/h1-2,5-6,9,11H,3-4,8H2,(H,16,17)/b15-9-. The molecule has 5 nitrogen and oxygen atoms in total. The van der Waals surface area contributed by atoms with Crippen molar-refractivity contribution in [2.45, 2.75) is 12.8 Å². The summed E-state index contributed by atoms with van der Waals surface area (Å²) in [6.07, 6.45) is 3.51. The normalized spacial score (nSPS) is 14.2. The topological polar surface area (TPSA) is 74.5 Å². The maximum Gasteiger partial charge on any atom is 0.243 e. The van der Waals surface area contributed by atoms with E-state index in [1.165, 1.54) is 0 Å². The summed E-state index contributed by atoms with van der Waals surface area (Å²) in [6.45, 7) is 0.0326. The number of hydrogen-bond acceptors (Lipinski definition) is 4. The number of hydrazone groups is 1. The Bertz CT molecular complexity index is 484. The Morgan fingerprint density at radius 3 is 2.83 bits per heavy atom. The van der Waals surface area contributed by atoms with Crippen LogP contribution in [0.2, 0.25) is 0 Å². The summed E-state index contributed by atoms with van der Waals surface area (Å²) in [5.41, 5.74) is 3.36. The van der Waals surface area contributed by atoms with Crippen molar-refractivity contribution in [3.05, 3.63) is 29.8 Å². The second-order valence-electron chi connectivity index (χ2n) is 4.02. The van der Waals surface area contributed by atoms with Crippen molar-refractivity contribution >= 4 is 12.1 Å². The molecule has 0 unspecified atom stereocenters. The molecular formula is C13H13N3O2. The molecule has 0 radical (unpaired) electrons. The van der Waals surface area contributed by atoms with Crippen LogP contribution in [0.3, 0.4) is 0 Å². The third-order valence-electron chi connectivity index (χ3n) is 2.52. The molecule has 0 spiro atoms. The van der Waals surface area contributed by atoms with Crippen molar-refractivity contribution in [3.63, 3.8) is 0 Å². The Balaban J connectivity index is 1.83. The van der Waals surface area contributed by atoms with Gasteiger partial charge >= 0.3 is 0 Å². The van der Waals surface area contributed by atoms with Gasteiger partial charge in [0.05, 0.1) is 6.21 Å². The highest BCUT2D eigenvalue weighted by Crippen LogP contribution is 2.28. The van der Waals surface area contributed by atoms with Crippen LogP contribution in [0.4, 0.5) is 0 Å². The number of carbonyl (C=O) groups excluding carboxylic acids is 1. The third kappa shape index (κ3) is 3.59. The van der Waals surface area contributed by atoms with E-state index in [2.05, 4.69) is 10.5 Å². The lowest BCUT2D eigenvalue weighted by atomic mass is 10.2. The van der Waals surface area contributed by atoms with Gasteiger partial charge in [-0.2, -0.15) is 10.4 Å². The molecule has 1 aromatic rings. The van der Waals surface area contributed by atoms with E-state index in [-0.39, 0.29) is 18.4 Å². The SMILES string of the molecule is N#CCOc1ccc(/C=N\NC(=O)C2CC2)cc1. The van der Waals surface area contributed by atoms with E-state index in [1.54, 1.807) is 30.5 Å². The monoisotopic (exact) mass is 243 g/mol. The minimum Gasteiger partial charge on any atom is -0.479 e. The van der Waals surface area contributed by atoms with Crippen LogP contribution >= 0.6 is 0 Å². The summed E-state index contributed by atoms with van der Waals surface area (Å²) in [7, 11) is 0. The van der Waals surface area contributed by atoms with E-state index in [0.717, 1.165) is 18.4 Å². The highest BCUT2D eigenvalue weighted by molar-refractivity contribution is 5.84. The maximum absolute atomic E-state index is 11.3. The van der Waals surface area contributed by atoms with Crippen molar-refractivity contribution in [3.8, 4) is 11.8 Å². The molecule has 0 aliphatic heterocycles. The van der Waals surface area contributed by atoms with Crippen LogP contribution in [0.15, 0.2) is 29.4 Å². The summed E-state index contributed by atoms with van der Waals surface area (Å²) in [5.74, 6) is 0.778. The molecule has 0 aromatic heterocycles. The summed E-state index contributed by atoms with van der Waals surface area (Å²) in [6, 6.07) is 9.01. The Morgan fingerprint density at radius 2 is 2.22 bits per heavy atom. The summed E-state index contributed by atoms with van der Waals surface area (Å²) < 4.78 is 5.12. The molecule has 1 N–H and O–H groups in total. The summed E-state index contributed by atoms with van der Waals surface area (Å²) in [4.78, 5) is 11.3. The van der Waals surface area contributed by atoms with Crippen LogP contribution in [-0.2, 0) is 4.79 Å². The molecule has 1 fully saturated rings. The molecule has 1 aliphatic rings. The largest absolute Gasteiger partial charge is 0.479 e. The fourth-order valence-electron chi connectivity index (χ4n) is 1.37. The molecule has 18 heavy (non-hydrogen) atoms. The van der Waals surface area contributed by atoms with Crippen LogP contribution in [-0.4, -0.2) is 18.7 Å². The molecule has 1 saturated carbocycles. The lowest BCUT2D eigenvalue weighted by molar-refractivity contribution is -0.122. The van der Waals surface area contributed by atoms with E-state index in [0.29, 0.717) is 5.75 Å². The number of amides is 1. The Kier molecular flexibility index (Phi) is 3.92. The lowest BCUT2D eigenvalue weighted by Gasteiger charge is -2.01. The molecule has 0 saturated heterocycles. The highest BCUT2D eigenvalue weighted by Gasteiger charge is 2.29. The van der Waals surface area contributed by atoms with E-state index in [4.69, 9.17) is 10.00 Å². The number of hydrogen-bond donors (Lipinski definition) is 1. The van der Waals surface area contributed by atoms with E-state index >= 15 is 0 Å². The minimum atomic E-state index is -0.0137. The fraction of sp³-hybridized carbons (Fsp3) is 0.308. The zero-order chi connectivity index (χ0) is 12.8. The van der Waals surface area contributed by atoms with Crippen LogP contribution < -0.4 is 10.2 Å². The quantitative estimate of drug-likeness (QED) is 0.628. The van der Waals surface area contributed by atoms with Gasteiger partial charge in [0.15, 0.2) is 6.61 Å². The number of ether oxygens (including phenoxy) is 1. The smallest absolute Gasteiger partial charge is 0.243 e. The van der Waals surface area contributed by atoms with Gasteiger partial charge in [0, 0.05) is 5.92 Å². The Labute approximate surface area is 105 Å². The maximum atomic E-state index is 11.3. The van der Waals surface area contributed by atoms with Crippen molar-refractivity contribution in [1.82, 2.24) is 5.43 Å². The average molecular weight is 243 g/mol. The van der Waals surface area contributed by atoms with Gasteiger partial charge in [-0.25, -0.2) is 5.43 Å². The van der Waals surface area contributed by atoms with Gasteiger partial charge in [-0.15, -0.1) is 0 Å². The first-order chi connectivity index (χ1) is 8.79. The number of nitrogens with one attached hydrogen (secondary N) is 1. The van der Waals surface area contributed by atoms with E-state index < -0.39 is 0 Å². The predicted molar refractivity (Wildman–Crippen MR) is 66.0 cm³/mol. The first-order valence-electron chi connectivity index (χ1n) is 5.72. The fourth-order valence-corrected chi connectivity index (χ4v) is 1.37. The van der Waals surface area contributed by atoms with Crippen LogP contribution in [0.5, 0.6) is 5.75 Å². The Morgan fingerprint density at radius 1 is 1.50 bits per heavy atom. The van der Waals surface area contributed by atoms with Gasteiger partial charge in [0.25, 0.3) is 0 Å². The molecule has 92 valence electrons. The predicted octanol–water partition coefficient (Wildman–Crippen LogP) is 1.45. The van der Waals surface area contributed by atoms with Gasteiger partial charge in [0.2, 0.25) is 5.91 Å². The first-order valence-corrected chi connectivity index (χ1v) is 5.72. The van der Waals surface area contributed by atoms with E-state index in [9.17, 15) is 4.79 Å². The molecule has 2 rings (SSSR count). The number of nitrogens with zero attached hydrogens (tertiary/aromatic N) is 2. The zero-order valence-corrected chi connectivity index (χ0v) is 9.80. The second-order valence-corrected chi connectivity index (χ2v) is 4.02. The molecule has 1 aromatic carbocycles. The van der Waals surface area contributed by atoms with Gasteiger partial charge in [-0.3, -0.25) is 4.79 Å². The molecule has 5 heteroatoms. The Hall–Kier alpha value is -2.35. The number of benzene rings is 1. The minimum absolute atomic E-state index is 0.0137. The second kappa shape index (κ2) is 5.82. The number of carbonyl (C=O) groups is 1. The van der Waals surface area contributed by atoms with Crippen molar-refractivity contribution in [2.75, 3.05) is 6.61 Å². The van der Waals surface area contributed by atoms with Crippen molar-refractivity contribution in [1.29, 1.82) is 5.26 Å². The van der Waals surface area contributed by atoms with E-state index in [1.807, 2.05) is 6.07 Å². The molecule has 0 atom stereocenters. The number of nitriles is 1. The van der Waals surface area contributed by atoms with Gasteiger partial charge < -0.3 is 4.74 Å². The van der Waals surface area contributed by atoms with Gasteiger partial charge in [-0.1, -0.05) is 0 Å². The molecule has 0 heterocycles. The molecule has 1 aliphatic carbocycles. The zero-order valence-electron chi connectivity index (χ0n) is 9.80. The lowest BCUT2D eigenvalue weighted by Crippen LogP contribution is -2.18. The van der Waals surface area contributed by atoms with Gasteiger partial charge in [0.1, 0.15) is 11.8 Å². The van der Waals surface area contributed by atoms with Crippen molar-refractivity contribution in [2.24, 2.45) is 11.0 Å². The van der Waals surface area contributed by atoms with Crippen LogP contribution in [0, 0.1) is 17.2 Å². The number of rotatable bonds is 5. The average Bonchev–Trinajstić information content (AvgIpc) is 3.22. The van der Waals surface area contributed by atoms with Crippen LogP contribution in [0.25, 0.3) is 0 Å². The molecule has 1 amide bonds.